The van der Waals surface area contributed by atoms with Crippen molar-refractivity contribution in [3.63, 3.8) is 0 Å². The first-order valence-corrected chi connectivity index (χ1v) is 15.4. The van der Waals surface area contributed by atoms with E-state index in [-0.39, 0.29) is 31.3 Å². The van der Waals surface area contributed by atoms with E-state index in [1.54, 1.807) is 29.2 Å². The van der Waals surface area contributed by atoms with Crippen LogP contribution in [0.2, 0.25) is 0 Å². The van der Waals surface area contributed by atoms with Gasteiger partial charge in [-0.25, -0.2) is 8.42 Å². The van der Waals surface area contributed by atoms with Crippen molar-refractivity contribution in [1.29, 1.82) is 0 Å². The van der Waals surface area contributed by atoms with Gasteiger partial charge in [0.1, 0.15) is 6.04 Å². The van der Waals surface area contributed by atoms with Gasteiger partial charge in [0.25, 0.3) is 0 Å². The van der Waals surface area contributed by atoms with Gasteiger partial charge in [0.15, 0.2) is 0 Å². The molecule has 8 heteroatoms. The molecule has 3 rings (SSSR count). The minimum atomic E-state index is -3.54. The molecule has 0 aliphatic carbocycles. The van der Waals surface area contributed by atoms with Crippen molar-refractivity contribution in [2.75, 3.05) is 17.1 Å². The van der Waals surface area contributed by atoms with E-state index in [2.05, 4.69) is 5.32 Å². The first-order chi connectivity index (χ1) is 18.8. The maximum absolute atomic E-state index is 13.9. The average molecular weight is 564 g/mol. The van der Waals surface area contributed by atoms with Crippen LogP contribution in [0.1, 0.15) is 50.3 Å². The summed E-state index contributed by atoms with van der Waals surface area (Å²) < 4.78 is 26.4. The third-order valence-electron chi connectivity index (χ3n) is 6.44. The molecule has 0 heterocycles. The van der Waals surface area contributed by atoms with Crippen LogP contribution in [0.25, 0.3) is 0 Å². The highest BCUT2D eigenvalue weighted by molar-refractivity contribution is 7.92. The summed E-state index contributed by atoms with van der Waals surface area (Å²) in [5, 5.41) is 3.07. The molecule has 0 fully saturated rings. The monoisotopic (exact) mass is 563 g/mol. The van der Waals surface area contributed by atoms with E-state index in [9.17, 15) is 18.0 Å². The number of hydrogen-bond acceptors (Lipinski definition) is 4. The van der Waals surface area contributed by atoms with E-state index >= 15 is 0 Å². The number of rotatable bonds is 12. The lowest BCUT2D eigenvalue weighted by molar-refractivity contribution is -0.142. The number of benzene rings is 3. The predicted octanol–water partition coefficient (Wildman–Crippen LogP) is 5.10. The van der Waals surface area contributed by atoms with E-state index in [1.807, 2.05) is 88.4 Å². The number of aryl methyl sites for hydroxylation is 1. The number of amides is 2. The van der Waals surface area contributed by atoms with E-state index < -0.39 is 21.6 Å². The van der Waals surface area contributed by atoms with Gasteiger partial charge in [-0.3, -0.25) is 13.9 Å². The number of para-hydroxylation sites is 1. The van der Waals surface area contributed by atoms with E-state index in [4.69, 9.17) is 0 Å². The molecule has 0 bridgehead atoms. The SMILES string of the molecule is Cc1ccc(CN(C(=O)CCCN(c2ccccc2)S(C)(=O)=O)[C@H](Cc2ccccc2)C(=O)NC(C)(C)C)cc1. The third kappa shape index (κ3) is 9.52. The summed E-state index contributed by atoms with van der Waals surface area (Å²) in [4.78, 5) is 29.2. The molecule has 1 N–H and O–H groups in total. The van der Waals surface area contributed by atoms with Crippen LogP contribution in [0.15, 0.2) is 84.9 Å². The first kappa shape index (κ1) is 30.9. The Morgan fingerprint density at radius 1 is 0.850 bits per heavy atom. The minimum Gasteiger partial charge on any atom is -0.350 e. The van der Waals surface area contributed by atoms with Crippen molar-refractivity contribution in [3.8, 4) is 0 Å². The van der Waals surface area contributed by atoms with E-state index in [0.29, 0.717) is 18.5 Å². The Hall–Kier alpha value is -3.65. The molecule has 1 atom stereocenters. The summed E-state index contributed by atoms with van der Waals surface area (Å²) in [7, 11) is -3.54. The number of carbonyl (C=O) groups excluding carboxylic acids is 2. The van der Waals surface area contributed by atoms with Crippen molar-refractivity contribution in [3.05, 3.63) is 102 Å². The zero-order valence-electron chi connectivity index (χ0n) is 24.1. The largest absolute Gasteiger partial charge is 0.350 e. The summed E-state index contributed by atoms with van der Waals surface area (Å²) in [6, 6.07) is 25.7. The third-order valence-corrected chi connectivity index (χ3v) is 7.63. The molecular formula is C32H41N3O4S. The normalized spacial score (nSPS) is 12.4. The Morgan fingerprint density at radius 2 is 1.43 bits per heavy atom. The molecular weight excluding hydrogens is 522 g/mol. The molecule has 40 heavy (non-hydrogen) atoms. The molecule has 0 saturated carbocycles. The van der Waals surface area contributed by atoms with Crippen LogP contribution in [0.4, 0.5) is 5.69 Å². The highest BCUT2D eigenvalue weighted by Gasteiger charge is 2.32. The van der Waals surface area contributed by atoms with Crippen LogP contribution in [0.5, 0.6) is 0 Å². The molecule has 0 aromatic heterocycles. The van der Waals surface area contributed by atoms with Crippen LogP contribution in [0.3, 0.4) is 0 Å². The summed E-state index contributed by atoms with van der Waals surface area (Å²) in [5.74, 6) is -0.425. The van der Waals surface area contributed by atoms with Crippen LogP contribution >= 0.6 is 0 Å². The fourth-order valence-corrected chi connectivity index (χ4v) is 5.46. The Kier molecular flexibility index (Phi) is 10.5. The Balaban J connectivity index is 1.89. The van der Waals surface area contributed by atoms with Gasteiger partial charge in [0, 0.05) is 31.5 Å². The lowest BCUT2D eigenvalue weighted by Crippen LogP contribution is -2.54. The van der Waals surface area contributed by atoms with Crippen molar-refractivity contribution in [2.45, 2.75) is 65.1 Å². The smallest absolute Gasteiger partial charge is 0.243 e. The van der Waals surface area contributed by atoms with E-state index in [0.717, 1.165) is 22.9 Å². The van der Waals surface area contributed by atoms with Crippen molar-refractivity contribution in [2.24, 2.45) is 0 Å². The van der Waals surface area contributed by atoms with Gasteiger partial charge >= 0.3 is 0 Å². The fraction of sp³-hybridized carbons (Fsp3) is 0.375. The molecule has 3 aromatic rings. The van der Waals surface area contributed by atoms with Crippen LogP contribution in [0, 0.1) is 6.92 Å². The minimum absolute atomic E-state index is 0.0960. The molecule has 0 aliphatic rings. The second-order valence-electron chi connectivity index (χ2n) is 11.2. The molecule has 0 aliphatic heterocycles. The molecule has 0 saturated heterocycles. The summed E-state index contributed by atoms with van der Waals surface area (Å²) >= 11 is 0. The standard InChI is InChI=1S/C32H41N3O4S/c1-25-18-20-27(21-19-25)24-34(29(31(37)33-32(2,3)4)23-26-13-8-6-9-14-26)30(36)17-12-22-35(40(5,38)39)28-15-10-7-11-16-28/h6-11,13-16,18-21,29H,12,17,22-24H2,1-5H3,(H,33,37)/t29-/m1/s1. The number of hydrogen-bond donors (Lipinski definition) is 1. The Bertz CT molecular complexity index is 1350. The quantitative estimate of drug-likeness (QED) is 0.332. The van der Waals surface area contributed by atoms with Crippen molar-refractivity contribution in [1.82, 2.24) is 10.2 Å². The summed E-state index contributed by atoms with van der Waals surface area (Å²) in [5.41, 5.74) is 3.06. The van der Waals surface area contributed by atoms with Crippen LogP contribution in [-0.2, 0) is 32.6 Å². The molecule has 3 aromatic carbocycles. The second-order valence-corrected chi connectivity index (χ2v) is 13.1. The maximum atomic E-state index is 13.9. The van der Waals surface area contributed by atoms with Crippen LogP contribution in [-0.4, -0.2) is 49.5 Å². The topological polar surface area (TPSA) is 86.8 Å². The number of anilines is 1. The van der Waals surface area contributed by atoms with Crippen LogP contribution < -0.4 is 9.62 Å². The lowest BCUT2D eigenvalue weighted by atomic mass is 10.00. The fourth-order valence-electron chi connectivity index (χ4n) is 4.50. The Morgan fingerprint density at radius 3 is 1.98 bits per heavy atom. The molecule has 2 amide bonds. The number of sulfonamides is 1. The molecule has 0 unspecified atom stereocenters. The van der Waals surface area contributed by atoms with Crippen molar-refractivity contribution < 1.29 is 18.0 Å². The van der Waals surface area contributed by atoms with Crippen molar-refractivity contribution >= 4 is 27.5 Å². The second kappa shape index (κ2) is 13.6. The van der Waals surface area contributed by atoms with Gasteiger partial charge in [-0.1, -0.05) is 78.4 Å². The van der Waals surface area contributed by atoms with Gasteiger partial charge in [-0.15, -0.1) is 0 Å². The van der Waals surface area contributed by atoms with Gasteiger partial charge in [0.05, 0.1) is 11.9 Å². The number of nitrogens with one attached hydrogen (secondary N) is 1. The average Bonchev–Trinajstić information content (AvgIpc) is 2.89. The zero-order valence-corrected chi connectivity index (χ0v) is 24.9. The highest BCUT2D eigenvalue weighted by Crippen LogP contribution is 2.20. The predicted molar refractivity (Wildman–Crippen MR) is 161 cm³/mol. The Labute approximate surface area is 239 Å². The molecule has 0 radical (unpaired) electrons. The summed E-state index contributed by atoms with van der Waals surface area (Å²) in [6.07, 6.45) is 1.93. The number of carbonyl (C=O) groups is 2. The molecule has 0 spiro atoms. The first-order valence-electron chi connectivity index (χ1n) is 13.6. The number of nitrogens with zero attached hydrogens (tertiary/aromatic N) is 2. The highest BCUT2D eigenvalue weighted by atomic mass is 32.2. The molecule has 7 nitrogen and oxygen atoms in total. The van der Waals surface area contributed by atoms with Gasteiger partial charge in [-0.2, -0.15) is 0 Å². The van der Waals surface area contributed by atoms with Gasteiger partial charge in [0.2, 0.25) is 21.8 Å². The van der Waals surface area contributed by atoms with E-state index in [1.165, 1.54) is 4.31 Å². The lowest BCUT2D eigenvalue weighted by Gasteiger charge is -2.34. The summed E-state index contributed by atoms with van der Waals surface area (Å²) in [6.45, 7) is 8.18. The van der Waals surface area contributed by atoms with Gasteiger partial charge < -0.3 is 10.2 Å². The zero-order chi connectivity index (χ0) is 29.3. The molecule has 214 valence electrons. The maximum Gasteiger partial charge on any atom is 0.243 e. The van der Waals surface area contributed by atoms with Gasteiger partial charge in [-0.05, 0) is 57.4 Å².